The summed E-state index contributed by atoms with van der Waals surface area (Å²) in [6.07, 6.45) is 13.0. The first-order valence-corrected chi connectivity index (χ1v) is 22.8. The molecule has 5 aliphatic rings. The molecule has 296 valence electrons. The number of ether oxygens (including phenoxy) is 1. The highest BCUT2D eigenvalue weighted by atomic mass is 16.5. The van der Waals surface area contributed by atoms with E-state index < -0.39 is 5.41 Å². The van der Waals surface area contributed by atoms with Gasteiger partial charge in [0, 0.05) is 33.6 Å². The van der Waals surface area contributed by atoms with Gasteiger partial charge in [0.1, 0.15) is 11.5 Å². The van der Waals surface area contributed by atoms with Crippen LogP contribution in [0.5, 0.6) is 11.5 Å². The zero-order valence-electron chi connectivity index (χ0n) is 35.0. The van der Waals surface area contributed by atoms with E-state index in [0.29, 0.717) is 11.8 Å². The Morgan fingerprint density at radius 2 is 0.883 bits per heavy atom. The van der Waals surface area contributed by atoms with Crippen LogP contribution >= 0.6 is 0 Å². The molecule has 0 amide bonds. The maximum absolute atomic E-state index is 7.07. The topological polar surface area (TPSA) is 12.5 Å². The summed E-state index contributed by atoms with van der Waals surface area (Å²) in [5.41, 5.74) is 19.2. The fourth-order valence-corrected chi connectivity index (χ4v) is 12.3. The van der Waals surface area contributed by atoms with Crippen molar-refractivity contribution in [1.82, 2.24) is 0 Å². The summed E-state index contributed by atoms with van der Waals surface area (Å²) >= 11 is 0. The van der Waals surface area contributed by atoms with Crippen molar-refractivity contribution in [2.75, 3.05) is 4.90 Å². The van der Waals surface area contributed by atoms with Crippen LogP contribution < -0.4 is 9.64 Å². The van der Waals surface area contributed by atoms with Crippen molar-refractivity contribution in [1.29, 1.82) is 0 Å². The molecule has 2 saturated carbocycles. The molecule has 0 bridgehead atoms. The van der Waals surface area contributed by atoms with Gasteiger partial charge in [-0.05, 0) is 142 Å². The third kappa shape index (κ3) is 5.32. The number of hydrogen-bond acceptors (Lipinski definition) is 2. The molecule has 12 rings (SSSR count). The number of rotatable bonds is 5. The van der Waals surface area contributed by atoms with Gasteiger partial charge in [-0.2, -0.15) is 0 Å². The number of para-hydroxylation sites is 1. The van der Waals surface area contributed by atoms with Crippen LogP contribution in [0.3, 0.4) is 0 Å². The summed E-state index contributed by atoms with van der Waals surface area (Å²) in [4.78, 5) is 2.49. The van der Waals surface area contributed by atoms with Crippen molar-refractivity contribution < 1.29 is 4.74 Å². The van der Waals surface area contributed by atoms with Gasteiger partial charge in [0.15, 0.2) is 0 Å². The van der Waals surface area contributed by atoms with Gasteiger partial charge in [0.2, 0.25) is 0 Å². The molecule has 0 aromatic heterocycles. The van der Waals surface area contributed by atoms with E-state index in [9.17, 15) is 0 Å². The van der Waals surface area contributed by atoms with Gasteiger partial charge < -0.3 is 9.64 Å². The predicted octanol–water partition coefficient (Wildman–Crippen LogP) is 16.0. The zero-order valence-corrected chi connectivity index (χ0v) is 35.0. The van der Waals surface area contributed by atoms with Gasteiger partial charge in [0.25, 0.3) is 0 Å². The smallest absolute Gasteiger partial charge is 0.132 e. The molecule has 0 saturated heterocycles. The van der Waals surface area contributed by atoms with Crippen molar-refractivity contribution in [3.05, 3.63) is 196 Å². The van der Waals surface area contributed by atoms with Crippen molar-refractivity contribution in [3.63, 3.8) is 0 Å². The molecule has 60 heavy (non-hydrogen) atoms. The van der Waals surface area contributed by atoms with Crippen molar-refractivity contribution in [2.24, 2.45) is 0 Å². The number of anilines is 3. The molecule has 4 aliphatic carbocycles. The number of nitrogens with zero attached hydrogens (tertiary/aromatic N) is 1. The minimum absolute atomic E-state index is 0.102. The van der Waals surface area contributed by atoms with Gasteiger partial charge in [-0.25, -0.2) is 0 Å². The van der Waals surface area contributed by atoms with E-state index in [0.717, 1.165) is 17.2 Å². The summed E-state index contributed by atoms with van der Waals surface area (Å²) in [5.74, 6) is 3.14. The van der Waals surface area contributed by atoms with Crippen molar-refractivity contribution in [2.45, 2.75) is 101 Å². The quantitative estimate of drug-likeness (QED) is 0.172. The second-order valence-electron chi connectivity index (χ2n) is 18.9. The molecule has 0 radical (unpaired) electrons. The van der Waals surface area contributed by atoms with E-state index in [2.05, 4.69) is 170 Å². The molecule has 0 atom stereocenters. The average molecular weight is 780 g/mol. The lowest BCUT2D eigenvalue weighted by molar-refractivity contribution is 0.424. The molecule has 1 heterocycles. The van der Waals surface area contributed by atoms with Crippen LogP contribution in [0.4, 0.5) is 17.1 Å². The van der Waals surface area contributed by atoms with Crippen LogP contribution in [-0.4, -0.2) is 0 Å². The van der Waals surface area contributed by atoms with Gasteiger partial charge in [-0.3, -0.25) is 0 Å². The van der Waals surface area contributed by atoms with Crippen LogP contribution in [0.2, 0.25) is 0 Å². The monoisotopic (exact) mass is 779 g/mol. The van der Waals surface area contributed by atoms with Gasteiger partial charge in [0.05, 0.1) is 5.41 Å². The molecule has 2 heteroatoms. The Hall–Kier alpha value is -5.86. The SMILES string of the molecule is CC1(C)c2ccccc2-c2ccc(N(c3ccccc3)c3ccc4c(c3)C3(c5cc(C6CCCCC6)ccc5Oc5ccc(C6CCCCC6)cc53)c3ccccc3-4)cc21. The minimum atomic E-state index is -0.538. The zero-order chi connectivity index (χ0) is 40.0. The Balaban J connectivity index is 1.11. The Bertz CT molecular complexity index is 2730. The first-order valence-electron chi connectivity index (χ1n) is 22.8. The Morgan fingerprint density at radius 1 is 0.400 bits per heavy atom. The second-order valence-corrected chi connectivity index (χ2v) is 18.9. The highest BCUT2D eigenvalue weighted by Crippen LogP contribution is 2.64. The standard InChI is InChI=1S/C58H53NO/c1-57(2)49-24-14-12-22-45(49)47-30-28-43(36-51(47)57)59(42-20-10-5-11-21-42)44-29-31-48-46-23-13-15-25-50(46)58(52(48)37-44)53-34-40(38-16-6-3-7-17-38)26-32-55(53)60-56-33-27-41(35-54(56)58)39-18-8-4-9-19-39/h5,10-15,20-39H,3-4,6-9,16-19H2,1-2H3. The third-order valence-electron chi connectivity index (χ3n) is 15.3. The molecule has 1 aliphatic heterocycles. The van der Waals surface area contributed by atoms with Gasteiger partial charge in [-0.1, -0.05) is 156 Å². The van der Waals surface area contributed by atoms with E-state index in [1.807, 2.05) is 0 Å². The Kier molecular flexibility index (Phi) is 8.32. The fourth-order valence-electron chi connectivity index (χ4n) is 12.3. The summed E-state index contributed by atoms with van der Waals surface area (Å²) in [6, 6.07) is 58.3. The van der Waals surface area contributed by atoms with E-state index in [-0.39, 0.29) is 5.41 Å². The van der Waals surface area contributed by atoms with Crippen LogP contribution in [0.15, 0.2) is 152 Å². The largest absolute Gasteiger partial charge is 0.457 e. The summed E-state index contributed by atoms with van der Waals surface area (Å²) in [7, 11) is 0. The fraction of sp³-hybridized carbons (Fsp3) is 0.276. The van der Waals surface area contributed by atoms with E-state index in [1.54, 1.807) is 0 Å². The van der Waals surface area contributed by atoms with E-state index >= 15 is 0 Å². The first kappa shape index (κ1) is 36.0. The number of benzene rings is 7. The van der Waals surface area contributed by atoms with Gasteiger partial charge in [-0.15, -0.1) is 0 Å². The molecule has 2 nitrogen and oxygen atoms in total. The molecule has 0 unspecified atom stereocenters. The Labute approximate surface area is 355 Å². The third-order valence-corrected chi connectivity index (χ3v) is 15.3. The summed E-state index contributed by atoms with van der Waals surface area (Å²) in [6.45, 7) is 4.77. The average Bonchev–Trinajstić information content (AvgIpc) is 3.72. The molecular formula is C58H53NO. The van der Waals surface area contributed by atoms with Crippen LogP contribution in [0.25, 0.3) is 22.3 Å². The lowest BCUT2D eigenvalue weighted by atomic mass is 9.64. The van der Waals surface area contributed by atoms with Crippen LogP contribution in [0, 0.1) is 0 Å². The van der Waals surface area contributed by atoms with Crippen molar-refractivity contribution in [3.8, 4) is 33.8 Å². The van der Waals surface area contributed by atoms with Crippen molar-refractivity contribution >= 4 is 17.1 Å². The second kappa shape index (κ2) is 13.8. The number of hydrogen-bond donors (Lipinski definition) is 0. The molecular weight excluding hydrogens is 727 g/mol. The first-order chi connectivity index (χ1) is 29.5. The van der Waals surface area contributed by atoms with E-state index in [1.165, 1.54) is 142 Å². The normalized spacial score (nSPS) is 18.1. The van der Waals surface area contributed by atoms with Crippen LogP contribution in [-0.2, 0) is 10.8 Å². The van der Waals surface area contributed by atoms with Crippen LogP contribution in [0.1, 0.15) is 134 Å². The predicted molar refractivity (Wildman–Crippen MR) is 248 cm³/mol. The van der Waals surface area contributed by atoms with Gasteiger partial charge >= 0.3 is 0 Å². The lowest BCUT2D eigenvalue weighted by Gasteiger charge is -2.41. The molecule has 7 aromatic rings. The molecule has 1 spiro atoms. The summed E-state index contributed by atoms with van der Waals surface area (Å²) < 4.78 is 7.07. The minimum Gasteiger partial charge on any atom is -0.457 e. The molecule has 0 N–H and O–H groups in total. The molecule has 2 fully saturated rings. The number of fused-ring (bicyclic) bond motifs is 12. The summed E-state index contributed by atoms with van der Waals surface area (Å²) in [5, 5.41) is 0. The highest BCUT2D eigenvalue weighted by molar-refractivity contribution is 5.92. The maximum Gasteiger partial charge on any atom is 0.132 e. The molecule has 7 aromatic carbocycles. The van der Waals surface area contributed by atoms with E-state index in [4.69, 9.17) is 4.74 Å². The highest BCUT2D eigenvalue weighted by Gasteiger charge is 2.52. The lowest BCUT2D eigenvalue weighted by Crippen LogP contribution is -2.33. The maximum atomic E-state index is 7.07. The Morgan fingerprint density at radius 3 is 1.48 bits per heavy atom.